The number of carboxylic acid groups (broad SMARTS) is 1. The molecule has 1 aliphatic rings. The van der Waals surface area contributed by atoms with Gasteiger partial charge < -0.3 is 24.6 Å². The van der Waals surface area contributed by atoms with E-state index in [-0.39, 0.29) is 24.8 Å². The Morgan fingerprint density at radius 2 is 1.97 bits per heavy atom. The van der Waals surface area contributed by atoms with Crippen LogP contribution in [-0.2, 0) is 10.2 Å². The Morgan fingerprint density at radius 3 is 2.62 bits per heavy atom. The fourth-order valence-electron chi connectivity index (χ4n) is 4.13. The quantitative estimate of drug-likeness (QED) is 0.563. The summed E-state index contributed by atoms with van der Waals surface area (Å²) < 4.78 is 39.5. The van der Waals surface area contributed by atoms with Crippen molar-refractivity contribution in [1.29, 1.82) is 0 Å². The third-order valence-electron chi connectivity index (χ3n) is 6.03. The minimum Gasteiger partial charge on any atom is -0.465 e. The number of halogens is 2. The van der Waals surface area contributed by atoms with Gasteiger partial charge in [-0.1, -0.05) is 6.07 Å². The number of aliphatic hydroxyl groups excluding tert-OH is 1. The molecular weight excluding hydrogens is 424 g/mol. The van der Waals surface area contributed by atoms with Crippen LogP contribution in [-0.4, -0.2) is 64.6 Å². The van der Waals surface area contributed by atoms with Crippen molar-refractivity contribution >= 4 is 17.0 Å². The maximum atomic E-state index is 14.1. The molecule has 8 nitrogen and oxygen atoms in total. The minimum absolute atomic E-state index is 0.108. The summed E-state index contributed by atoms with van der Waals surface area (Å²) in [6.07, 6.45) is 1.64. The molecule has 0 bridgehead atoms. The lowest BCUT2D eigenvalue weighted by Crippen LogP contribution is -2.46. The number of likely N-dealkylation sites (tertiary alicyclic amines) is 1. The number of carbonyl (C=O) groups is 1. The first-order chi connectivity index (χ1) is 15.4. The molecule has 170 valence electrons. The molecule has 0 saturated carbocycles. The van der Waals surface area contributed by atoms with Gasteiger partial charge in [-0.25, -0.2) is 13.9 Å². The Labute approximate surface area is 182 Å². The molecule has 2 heterocycles. The second kappa shape index (κ2) is 8.71. The summed E-state index contributed by atoms with van der Waals surface area (Å²) in [5.41, 5.74) is 1.27. The maximum absolute atomic E-state index is 14.1. The van der Waals surface area contributed by atoms with Crippen LogP contribution in [0.25, 0.3) is 16.6 Å². The van der Waals surface area contributed by atoms with Gasteiger partial charge in [0.2, 0.25) is 5.82 Å². The number of aromatic nitrogens is 2. The van der Waals surface area contributed by atoms with E-state index in [0.717, 1.165) is 17.0 Å². The second-order valence-electron chi connectivity index (χ2n) is 7.83. The first-order valence-corrected chi connectivity index (χ1v) is 10.1. The largest absolute Gasteiger partial charge is 0.465 e. The number of aliphatic hydroxyl groups is 1. The lowest BCUT2D eigenvalue weighted by molar-refractivity contribution is 0.0478. The van der Waals surface area contributed by atoms with Crippen LogP contribution in [0.3, 0.4) is 0 Å². The summed E-state index contributed by atoms with van der Waals surface area (Å²) in [7, 11) is 1.38. The number of benzene rings is 2. The fraction of sp³-hybridized carbons (Fsp3) is 0.364. The fourth-order valence-corrected chi connectivity index (χ4v) is 4.13. The molecule has 0 spiro atoms. The highest BCUT2D eigenvalue weighted by atomic mass is 19.2. The highest BCUT2D eigenvalue weighted by molar-refractivity contribution is 5.81. The predicted molar refractivity (Wildman–Crippen MR) is 111 cm³/mol. The first kappa shape index (κ1) is 22.0. The van der Waals surface area contributed by atoms with Crippen LogP contribution in [0.5, 0.6) is 5.75 Å². The third-order valence-corrected chi connectivity index (χ3v) is 6.03. The van der Waals surface area contributed by atoms with Gasteiger partial charge in [-0.3, -0.25) is 0 Å². The van der Waals surface area contributed by atoms with E-state index in [1.807, 2.05) is 12.1 Å². The average Bonchev–Trinajstić information content (AvgIpc) is 3.23. The molecule has 1 aliphatic heterocycles. The van der Waals surface area contributed by atoms with Gasteiger partial charge in [0.1, 0.15) is 0 Å². The van der Waals surface area contributed by atoms with E-state index in [0.29, 0.717) is 31.4 Å². The molecule has 2 aromatic carbocycles. The number of fused-ring (bicyclic) bond motifs is 1. The summed E-state index contributed by atoms with van der Waals surface area (Å²) in [5.74, 6) is -2.47. The lowest BCUT2D eigenvalue weighted by atomic mass is 9.73. The number of ether oxygens (including phenoxy) is 2. The van der Waals surface area contributed by atoms with Gasteiger partial charge >= 0.3 is 6.09 Å². The number of amides is 1. The average molecular weight is 447 g/mol. The van der Waals surface area contributed by atoms with Crippen molar-refractivity contribution < 1.29 is 33.3 Å². The van der Waals surface area contributed by atoms with Gasteiger partial charge in [-0.05, 0) is 30.5 Å². The summed E-state index contributed by atoms with van der Waals surface area (Å²) >= 11 is 0. The molecule has 4 rings (SSSR count). The van der Waals surface area contributed by atoms with Crippen molar-refractivity contribution in [1.82, 2.24) is 14.7 Å². The molecule has 0 radical (unpaired) electrons. The van der Waals surface area contributed by atoms with Crippen molar-refractivity contribution in [2.75, 3.05) is 33.6 Å². The van der Waals surface area contributed by atoms with Crippen molar-refractivity contribution in [3.05, 3.63) is 53.7 Å². The molecule has 3 aromatic rings. The standard InChI is InChI=1S/C22H23F2N3O5/c1-31-13-32-19-10-16(9-17(23)20(19)24)27-18-3-2-15(8-14(18)11-25-27)22(12-28)4-6-26(7-5-22)21(29)30/h2-3,8-11,28H,4-7,12-13H2,1H3,(H,29,30). The molecule has 0 unspecified atom stereocenters. The second-order valence-corrected chi connectivity index (χ2v) is 7.83. The molecule has 1 saturated heterocycles. The summed E-state index contributed by atoms with van der Waals surface area (Å²) in [5, 5.41) is 24.4. The van der Waals surface area contributed by atoms with Crippen LogP contribution in [0.2, 0.25) is 0 Å². The van der Waals surface area contributed by atoms with Gasteiger partial charge in [-0.2, -0.15) is 9.49 Å². The number of rotatable bonds is 6. The van der Waals surface area contributed by atoms with Crippen molar-refractivity contribution in [2.24, 2.45) is 0 Å². The Bertz CT molecular complexity index is 1140. The predicted octanol–water partition coefficient (Wildman–Crippen LogP) is 3.29. The molecule has 0 atom stereocenters. The zero-order valence-corrected chi connectivity index (χ0v) is 17.4. The number of methoxy groups -OCH3 is 1. The van der Waals surface area contributed by atoms with E-state index in [9.17, 15) is 23.8 Å². The number of hydrogen-bond donors (Lipinski definition) is 2. The summed E-state index contributed by atoms with van der Waals surface area (Å²) in [4.78, 5) is 12.6. The molecule has 2 N–H and O–H groups in total. The normalized spacial score (nSPS) is 15.8. The van der Waals surface area contributed by atoms with Crippen LogP contribution in [0.1, 0.15) is 18.4 Å². The van der Waals surface area contributed by atoms with Crippen LogP contribution in [0, 0.1) is 11.6 Å². The lowest BCUT2D eigenvalue weighted by Gasteiger charge is -2.40. The van der Waals surface area contributed by atoms with Gasteiger partial charge in [0.05, 0.1) is 24.0 Å². The summed E-state index contributed by atoms with van der Waals surface area (Å²) in [6, 6.07) is 7.93. The number of piperidine rings is 1. The van der Waals surface area contributed by atoms with Gasteiger partial charge in [0.15, 0.2) is 18.4 Å². The number of nitrogens with zero attached hydrogens (tertiary/aromatic N) is 3. The van der Waals surface area contributed by atoms with E-state index in [1.165, 1.54) is 22.8 Å². The molecule has 32 heavy (non-hydrogen) atoms. The van der Waals surface area contributed by atoms with E-state index < -0.39 is 23.1 Å². The van der Waals surface area contributed by atoms with E-state index >= 15 is 0 Å². The molecule has 1 aromatic heterocycles. The smallest absolute Gasteiger partial charge is 0.407 e. The molecule has 1 amide bonds. The number of hydrogen-bond acceptors (Lipinski definition) is 5. The Hall–Kier alpha value is -3.24. The highest BCUT2D eigenvalue weighted by Crippen LogP contribution is 2.37. The van der Waals surface area contributed by atoms with E-state index in [1.54, 1.807) is 12.3 Å². The van der Waals surface area contributed by atoms with Crippen LogP contribution in [0.15, 0.2) is 36.5 Å². The van der Waals surface area contributed by atoms with Gasteiger partial charge in [0.25, 0.3) is 0 Å². The maximum Gasteiger partial charge on any atom is 0.407 e. The molecule has 1 fully saturated rings. The topological polar surface area (TPSA) is 97.1 Å². The molecule has 0 aliphatic carbocycles. The van der Waals surface area contributed by atoms with Crippen molar-refractivity contribution in [3.8, 4) is 11.4 Å². The first-order valence-electron chi connectivity index (χ1n) is 10.1. The van der Waals surface area contributed by atoms with E-state index in [2.05, 4.69) is 5.10 Å². The van der Waals surface area contributed by atoms with Crippen LogP contribution < -0.4 is 4.74 Å². The van der Waals surface area contributed by atoms with E-state index in [4.69, 9.17) is 9.47 Å². The Morgan fingerprint density at radius 1 is 1.22 bits per heavy atom. The van der Waals surface area contributed by atoms with Crippen molar-refractivity contribution in [2.45, 2.75) is 18.3 Å². The highest BCUT2D eigenvalue weighted by Gasteiger charge is 2.37. The molecular formula is C22H23F2N3O5. The van der Waals surface area contributed by atoms with Crippen molar-refractivity contribution in [3.63, 3.8) is 0 Å². The zero-order chi connectivity index (χ0) is 22.9. The Kier molecular flexibility index (Phi) is 5.98. The Balaban J connectivity index is 1.68. The zero-order valence-electron chi connectivity index (χ0n) is 17.4. The van der Waals surface area contributed by atoms with Gasteiger partial charge in [0, 0.05) is 43.1 Å². The monoisotopic (exact) mass is 447 g/mol. The SMILES string of the molecule is COCOc1cc(-n2ncc3cc(C4(CO)CCN(C(=O)O)CC4)ccc32)cc(F)c1F. The summed E-state index contributed by atoms with van der Waals surface area (Å²) in [6.45, 7) is 0.341. The van der Waals surface area contributed by atoms with Crippen LogP contribution in [0.4, 0.5) is 13.6 Å². The van der Waals surface area contributed by atoms with Crippen LogP contribution >= 0.6 is 0 Å². The third kappa shape index (κ3) is 3.87. The minimum atomic E-state index is -1.11. The molecule has 10 heteroatoms. The van der Waals surface area contributed by atoms with Gasteiger partial charge in [-0.15, -0.1) is 0 Å².